The maximum absolute atomic E-state index is 12.8. The molecule has 0 atom stereocenters. The van der Waals surface area contributed by atoms with Crippen LogP contribution in [0.25, 0.3) is 0 Å². The molecule has 2 heterocycles. The molecule has 2 aromatic heterocycles. The summed E-state index contributed by atoms with van der Waals surface area (Å²) >= 11 is 0. The molecule has 3 aromatic rings. The van der Waals surface area contributed by atoms with Gasteiger partial charge in [0.25, 0.3) is 11.8 Å². The smallest absolute Gasteiger partial charge is 0.416 e. The zero-order valence-electron chi connectivity index (χ0n) is 22.9. The lowest BCUT2D eigenvalue weighted by atomic mass is 10.2. The van der Waals surface area contributed by atoms with Crippen LogP contribution in [0, 0.1) is 0 Å². The molecule has 3 rings (SSSR count). The first kappa shape index (κ1) is 31.5. The van der Waals surface area contributed by atoms with Crippen LogP contribution in [0.2, 0.25) is 0 Å². The fourth-order valence-corrected chi connectivity index (χ4v) is 3.57. The van der Waals surface area contributed by atoms with Gasteiger partial charge in [0.15, 0.2) is 22.9 Å². The number of halogens is 3. The van der Waals surface area contributed by atoms with Crippen molar-refractivity contribution >= 4 is 23.7 Å². The van der Waals surface area contributed by atoms with Crippen molar-refractivity contribution in [1.29, 1.82) is 0 Å². The van der Waals surface area contributed by atoms with Gasteiger partial charge in [-0.05, 0) is 42.7 Å². The third kappa shape index (κ3) is 9.28. The highest BCUT2D eigenvalue weighted by molar-refractivity contribution is 6.60. The van der Waals surface area contributed by atoms with Crippen molar-refractivity contribution in [2.75, 3.05) is 20.8 Å². The highest BCUT2D eigenvalue weighted by Gasteiger charge is 2.30. The normalized spacial score (nSPS) is 11.9. The highest BCUT2D eigenvalue weighted by Crippen LogP contribution is 2.29. The average molecular weight is 590 g/mol. The minimum Gasteiger partial charge on any atom is -0.493 e. The van der Waals surface area contributed by atoms with Gasteiger partial charge in [-0.3, -0.25) is 24.2 Å². The van der Waals surface area contributed by atoms with Gasteiger partial charge in [-0.2, -0.15) is 18.3 Å². The Labute approximate surface area is 239 Å². The number of hydrogen-bond acceptors (Lipinski definition) is 10. The van der Waals surface area contributed by atoms with E-state index >= 15 is 0 Å². The molecular weight excluding hydrogens is 559 g/mol. The summed E-state index contributed by atoms with van der Waals surface area (Å²) in [6.45, 7) is 0.838. The zero-order valence-corrected chi connectivity index (χ0v) is 22.9. The molecule has 13 nitrogen and oxygen atoms in total. The summed E-state index contributed by atoms with van der Waals surface area (Å²) in [5.74, 6) is 5.37. The lowest BCUT2D eigenvalue weighted by Crippen LogP contribution is -2.32. The number of hydrogen-bond donors (Lipinski definition) is 3. The number of ether oxygens (including phenoxy) is 2. The summed E-state index contributed by atoms with van der Waals surface area (Å²) in [5, 5.41) is 16.4. The fourth-order valence-electron chi connectivity index (χ4n) is 3.57. The number of unbranched alkanes of at least 4 members (excludes halogenated alkanes) is 1. The molecule has 0 aliphatic rings. The maximum Gasteiger partial charge on any atom is 0.416 e. The second-order valence-corrected chi connectivity index (χ2v) is 8.71. The standard InChI is InChI=1S/C26H30F3N9O4/c1-41-22-6-5-17(11-23(22)42-2)13-33-24(39)20(35-30)15-31-8-3-4-10-38-16-21(36-37-38)25(40)34-14-19-12-18(7-9-32-19)26(27,28)29/h5-7,9,11-12,15-16H,3-4,8,10,13-14,30H2,1-2H3,(H,33,39)(H,34,40). The Bertz CT molecular complexity index is 1420. The number of alkyl halides is 3. The van der Waals surface area contributed by atoms with E-state index in [0.29, 0.717) is 37.4 Å². The Morgan fingerprint density at radius 2 is 1.86 bits per heavy atom. The number of methoxy groups -OCH3 is 2. The zero-order chi connectivity index (χ0) is 30.5. The average Bonchev–Trinajstić information content (AvgIpc) is 3.47. The predicted molar refractivity (Wildman–Crippen MR) is 146 cm³/mol. The van der Waals surface area contributed by atoms with Crippen molar-refractivity contribution in [1.82, 2.24) is 30.6 Å². The first-order valence-electron chi connectivity index (χ1n) is 12.6. The van der Waals surface area contributed by atoms with Crippen LogP contribution in [-0.4, -0.2) is 64.5 Å². The van der Waals surface area contributed by atoms with Crippen molar-refractivity contribution in [2.45, 2.75) is 38.7 Å². The van der Waals surface area contributed by atoms with E-state index in [-0.39, 0.29) is 30.2 Å². The monoisotopic (exact) mass is 589 g/mol. The van der Waals surface area contributed by atoms with Crippen LogP contribution in [0.1, 0.15) is 40.2 Å². The molecule has 1 aromatic carbocycles. The summed E-state index contributed by atoms with van der Waals surface area (Å²) in [6, 6.07) is 6.99. The number of amides is 2. The number of carbonyl (C=O) groups is 2. The van der Waals surface area contributed by atoms with Crippen molar-refractivity contribution in [3.05, 3.63) is 65.2 Å². The van der Waals surface area contributed by atoms with Crippen LogP contribution in [-0.2, 0) is 30.6 Å². The Hall–Kier alpha value is -5.02. The summed E-state index contributed by atoms with van der Waals surface area (Å²) in [5.41, 5.74) is -0.0244. The molecule has 0 aliphatic carbocycles. The predicted octanol–water partition coefficient (Wildman–Crippen LogP) is 2.12. The fraction of sp³-hybridized carbons (Fsp3) is 0.346. The molecule has 0 saturated heterocycles. The highest BCUT2D eigenvalue weighted by atomic mass is 19.4. The molecule has 0 unspecified atom stereocenters. The first-order chi connectivity index (χ1) is 20.1. The topological polar surface area (TPSA) is 171 Å². The van der Waals surface area contributed by atoms with Gasteiger partial charge in [0.05, 0.1) is 44.4 Å². The second-order valence-electron chi connectivity index (χ2n) is 8.71. The van der Waals surface area contributed by atoms with E-state index in [1.54, 1.807) is 18.2 Å². The van der Waals surface area contributed by atoms with Crippen LogP contribution in [0.15, 0.2) is 52.8 Å². The molecule has 0 radical (unpaired) electrons. The third-order valence-corrected chi connectivity index (χ3v) is 5.76. The quantitative estimate of drug-likeness (QED) is 0.111. The lowest BCUT2D eigenvalue weighted by molar-refractivity contribution is -0.137. The number of aromatic nitrogens is 4. The molecule has 4 N–H and O–H groups in total. The van der Waals surface area contributed by atoms with Gasteiger partial charge < -0.3 is 25.9 Å². The van der Waals surface area contributed by atoms with Gasteiger partial charge >= 0.3 is 6.18 Å². The van der Waals surface area contributed by atoms with E-state index in [0.717, 1.165) is 23.9 Å². The number of carbonyl (C=O) groups excluding carboxylic acids is 2. The number of pyridine rings is 1. The second kappa shape index (κ2) is 15.1. The van der Waals surface area contributed by atoms with E-state index in [4.69, 9.17) is 15.3 Å². The number of aryl methyl sites for hydroxylation is 1. The Morgan fingerprint density at radius 3 is 2.57 bits per heavy atom. The number of aliphatic imine (C=N–C) groups is 1. The van der Waals surface area contributed by atoms with Gasteiger partial charge in [-0.1, -0.05) is 11.3 Å². The number of benzene rings is 1. The number of hydrazone groups is 1. The molecule has 0 saturated carbocycles. The van der Waals surface area contributed by atoms with E-state index in [1.165, 1.54) is 31.3 Å². The third-order valence-electron chi connectivity index (χ3n) is 5.76. The molecular formula is C26H30F3N9O4. The van der Waals surface area contributed by atoms with Crippen molar-refractivity contribution < 1.29 is 32.2 Å². The largest absolute Gasteiger partial charge is 0.493 e. The molecule has 2 amide bonds. The molecule has 0 bridgehead atoms. The Balaban J connectivity index is 1.38. The van der Waals surface area contributed by atoms with E-state index in [1.807, 2.05) is 0 Å². The van der Waals surface area contributed by atoms with Crippen molar-refractivity contribution in [2.24, 2.45) is 15.9 Å². The van der Waals surface area contributed by atoms with Crippen molar-refractivity contribution in [3.8, 4) is 11.5 Å². The minimum atomic E-state index is -4.50. The van der Waals surface area contributed by atoms with E-state index in [2.05, 4.69) is 36.0 Å². The summed E-state index contributed by atoms with van der Waals surface area (Å²) in [6.07, 6.45) is 0.519. The van der Waals surface area contributed by atoms with E-state index < -0.39 is 23.6 Å². The molecule has 0 aliphatic heterocycles. The summed E-state index contributed by atoms with van der Waals surface area (Å²) < 4.78 is 50.4. The number of rotatable bonds is 14. The minimum absolute atomic E-state index is 0.0166. The molecule has 224 valence electrons. The lowest BCUT2D eigenvalue weighted by Gasteiger charge is -2.10. The number of nitrogens with two attached hydrogens (primary N) is 1. The Morgan fingerprint density at radius 1 is 1.07 bits per heavy atom. The molecule has 42 heavy (non-hydrogen) atoms. The molecule has 16 heteroatoms. The number of nitrogens with one attached hydrogen (secondary N) is 2. The summed E-state index contributed by atoms with van der Waals surface area (Å²) in [7, 11) is 3.05. The van der Waals surface area contributed by atoms with E-state index in [9.17, 15) is 22.8 Å². The summed E-state index contributed by atoms with van der Waals surface area (Å²) in [4.78, 5) is 32.7. The van der Waals surface area contributed by atoms with Gasteiger partial charge in [0.2, 0.25) is 0 Å². The van der Waals surface area contributed by atoms with Crippen LogP contribution in [0.3, 0.4) is 0 Å². The van der Waals surface area contributed by atoms with Gasteiger partial charge in [0.1, 0.15) is 0 Å². The SMILES string of the molecule is COc1ccc(CNC(=O)C(C=NCCCCn2cc(C(=O)NCc3cc(C(F)(F)F)ccn3)nn2)=NN)cc1OC. The van der Waals surface area contributed by atoms with Crippen LogP contribution in [0.4, 0.5) is 13.2 Å². The van der Waals surface area contributed by atoms with Gasteiger partial charge in [-0.15, -0.1) is 5.10 Å². The molecule has 0 fully saturated rings. The number of nitrogens with zero attached hydrogens (tertiary/aromatic N) is 6. The Kier molecular flexibility index (Phi) is 11.3. The van der Waals surface area contributed by atoms with Gasteiger partial charge in [-0.25, -0.2) is 0 Å². The van der Waals surface area contributed by atoms with Crippen LogP contribution < -0.4 is 25.9 Å². The first-order valence-corrected chi connectivity index (χ1v) is 12.6. The molecule has 0 spiro atoms. The maximum atomic E-state index is 12.8. The van der Waals surface area contributed by atoms with Gasteiger partial charge in [0, 0.05) is 25.8 Å². The van der Waals surface area contributed by atoms with Crippen LogP contribution in [0.5, 0.6) is 11.5 Å². The van der Waals surface area contributed by atoms with Crippen LogP contribution >= 0.6 is 0 Å². The van der Waals surface area contributed by atoms with Crippen molar-refractivity contribution in [3.63, 3.8) is 0 Å².